The van der Waals surface area contributed by atoms with E-state index in [9.17, 15) is 14.4 Å². The molecule has 2 unspecified atom stereocenters. The highest BCUT2D eigenvalue weighted by molar-refractivity contribution is 6.35. The van der Waals surface area contributed by atoms with Gasteiger partial charge < -0.3 is 15.5 Å². The van der Waals surface area contributed by atoms with E-state index in [0.29, 0.717) is 31.8 Å². The molecule has 6 nitrogen and oxygen atoms in total. The van der Waals surface area contributed by atoms with Crippen LogP contribution in [-0.4, -0.2) is 48.3 Å². The van der Waals surface area contributed by atoms with Gasteiger partial charge in [-0.15, -0.1) is 0 Å². The van der Waals surface area contributed by atoms with Crippen molar-refractivity contribution in [3.63, 3.8) is 0 Å². The lowest BCUT2D eigenvalue weighted by atomic mass is 9.86. The lowest BCUT2D eigenvalue weighted by Crippen LogP contribution is -2.48. The molecule has 6 heteroatoms. The third kappa shape index (κ3) is 4.71. The van der Waals surface area contributed by atoms with E-state index in [4.69, 9.17) is 0 Å². The monoisotopic (exact) mass is 309 g/mol. The first-order chi connectivity index (χ1) is 10.6. The van der Waals surface area contributed by atoms with Crippen LogP contribution in [0.3, 0.4) is 0 Å². The van der Waals surface area contributed by atoms with E-state index in [1.165, 1.54) is 6.42 Å². The fraction of sp³-hybridized carbons (Fsp3) is 0.812. The molecular formula is C16H27N3O3. The van der Waals surface area contributed by atoms with Crippen LogP contribution in [0.4, 0.5) is 0 Å². The van der Waals surface area contributed by atoms with E-state index in [0.717, 1.165) is 32.2 Å². The second-order valence-electron chi connectivity index (χ2n) is 6.44. The third-order valence-corrected chi connectivity index (χ3v) is 4.70. The van der Waals surface area contributed by atoms with Crippen LogP contribution in [0.1, 0.15) is 51.9 Å². The summed E-state index contributed by atoms with van der Waals surface area (Å²) in [7, 11) is 0. The fourth-order valence-corrected chi connectivity index (χ4v) is 3.26. The number of likely N-dealkylation sites (tertiary alicyclic amines) is 1. The van der Waals surface area contributed by atoms with Crippen molar-refractivity contribution in [3.05, 3.63) is 0 Å². The minimum absolute atomic E-state index is 0.120. The molecule has 3 amide bonds. The quantitative estimate of drug-likeness (QED) is 0.583. The highest BCUT2D eigenvalue weighted by atomic mass is 16.2. The normalized spacial score (nSPS) is 25.1. The van der Waals surface area contributed by atoms with Gasteiger partial charge in [0.15, 0.2) is 0 Å². The van der Waals surface area contributed by atoms with Gasteiger partial charge in [0.05, 0.1) is 0 Å². The fourth-order valence-electron chi connectivity index (χ4n) is 3.26. The van der Waals surface area contributed by atoms with Gasteiger partial charge in [0, 0.05) is 32.1 Å². The zero-order valence-corrected chi connectivity index (χ0v) is 13.4. The average Bonchev–Trinajstić information content (AvgIpc) is 2.91. The average molecular weight is 309 g/mol. The number of hydrogen-bond acceptors (Lipinski definition) is 3. The Labute approximate surface area is 132 Å². The van der Waals surface area contributed by atoms with Gasteiger partial charge in [0.25, 0.3) is 0 Å². The maximum Gasteiger partial charge on any atom is 0.309 e. The van der Waals surface area contributed by atoms with Crippen molar-refractivity contribution in [2.24, 2.45) is 5.92 Å². The SMILES string of the molecule is CC1CCCCC1NC(=O)C(=O)NCCCN1CCCC1=O. The van der Waals surface area contributed by atoms with Crippen molar-refractivity contribution in [1.82, 2.24) is 15.5 Å². The number of hydrogen-bond donors (Lipinski definition) is 2. The summed E-state index contributed by atoms with van der Waals surface area (Å²) >= 11 is 0. The van der Waals surface area contributed by atoms with E-state index >= 15 is 0 Å². The molecule has 22 heavy (non-hydrogen) atoms. The topological polar surface area (TPSA) is 78.5 Å². The molecule has 0 radical (unpaired) electrons. The first-order valence-corrected chi connectivity index (χ1v) is 8.44. The van der Waals surface area contributed by atoms with Gasteiger partial charge in [-0.1, -0.05) is 19.8 Å². The molecule has 2 aliphatic rings. The summed E-state index contributed by atoms with van der Waals surface area (Å²) in [6, 6.07) is 0.120. The number of nitrogens with one attached hydrogen (secondary N) is 2. The van der Waals surface area contributed by atoms with Crippen molar-refractivity contribution < 1.29 is 14.4 Å². The van der Waals surface area contributed by atoms with Crippen LogP contribution in [0.15, 0.2) is 0 Å². The molecule has 1 saturated heterocycles. The summed E-state index contributed by atoms with van der Waals surface area (Å²) in [6.07, 6.45) is 6.62. The van der Waals surface area contributed by atoms with Gasteiger partial charge in [-0.25, -0.2) is 0 Å². The molecule has 0 aromatic rings. The molecule has 124 valence electrons. The van der Waals surface area contributed by atoms with Gasteiger partial charge >= 0.3 is 11.8 Å². The predicted octanol–water partition coefficient (Wildman–Crippen LogP) is 0.810. The van der Waals surface area contributed by atoms with E-state index in [-0.39, 0.29) is 11.9 Å². The molecule has 2 rings (SSSR count). The van der Waals surface area contributed by atoms with Crippen LogP contribution in [0.2, 0.25) is 0 Å². The Hall–Kier alpha value is -1.59. The lowest BCUT2D eigenvalue weighted by molar-refractivity contribution is -0.140. The largest absolute Gasteiger partial charge is 0.348 e. The summed E-state index contributed by atoms with van der Waals surface area (Å²) in [5.41, 5.74) is 0. The van der Waals surface area contributed by atoms with Gasteiger partial charge in [-0.3, -0.25) is 14.4 Å². The summed E-state index contributed by atoms with van der Waals surface area (Å²) in [6.45, 7) is 4.01. The smallest absolute Gasteiger partial charge is 0.309 e. The molecule has 1 heterocycles. The zero-order chi connectivity index (χ0) is 15.9. The second-order valence-corrected chi connectivity index (χ2v) is 6.44. The summed E-state index contributed by atoms with van der Waals surface area (Å²) in [5, 5.41) is 5.48. The molecule has 0 aromatic heterocycles. The molecule has 0 bridgehead atoms. The standard InChI is InChI=1S/C16H27N3O3/c1-12-6-2-3-7-13(12)18-16(22)15(21)17-9-5-11-19-10-4-8-14(19)20/h12-13H,2-11H2,1H3,(H,17,21)(H,18,22). The van der Waals surface area contributed by atoms with Crippen molar-refractivity contribution >= 4 is 17.7 Å². The Morgan fingerprint density at radius 1 is 1.18 bits per heavy atom. The van der Waals surface area contributed by atoms with Crippen molar-refractivity contribution in [2.45, 2.75) is 57.9 Å². The summed E-state index contributed by atoms with van der Waals surface area (Å²) < 4.78 is 0. The molecule has 1 saturated carbocycles. The first kappa shape index (κ1) is 16.8. The van der Waals surface area contributed by atoms with Crippen molar-refractivity contribution in [1.29, 1.82) is 0 Å². The molecule has 1 aliphatic carbocycles. The highest BCUT2D eigenvalue weighted by Crippen LogP contribution is 2.23. The van der Waals surface area contributed by atoms with E-state index < -0.39 is 11.8 Å². The van der Waals surface area contributed by atoms with Crippen LogP contribution in [0.25, 0.3) is 0 Å². The van der Waals surface area contributed by atoms with Crippen molar-refractivity contribution in [3.8, 4) is 0 Å². The molecule has 2 atom stereocenters. The molecule has 2 N–H and O–H groups in total. The predicted molar refractivity (Wildman–Crippen MR) is 83.0 cm³/mol. The molecule has 1 aliphatic heterocycles. The van der Waals surface area contributed by atoms with Gasteiger partial charge in [0.1, 0.15) is 0 Å². The number of rotatable bonds is 5. The maximum absolute atomic E-state index is 11.9. The third-order valence-electron chi connectivity index (χ3n) is 4.70. The minimum Gasteiger partial charge on any atom is -0.348 e. The Balaban J connectivity index is 1.61. The number of amides is 3. The lowest BCUT2D eigenvalue weighted by Gasteiger charge is -2.29. The van der Waals surface area contributed by atoms with Crippen molar-refractivity contribution in [2.75, 3.05) is 19.6 Å². The van der Waals surface area contributed by atoms with Crippen LogP contribution in [0.5, 0.6) is 0 Å². The Morgan fingerprint density at radius 3 is 2.64 bits per heavy atom. The van der Waals surface area contributed by atoms with Crippen LogP contribution < -0.4 is 10.6 Å². The number of carbonyl (C=O) groups excluding carboxylic acids is 3. The first-order valence-electron chi connectivity index (χ1n) is 8.44. The summed E-state index contributed by atoms with van der Waals surface area (Å²) in [4.78, 5) is 36.9. The highest BCUT2D eigenvalue weighted by Gasteiger charge is 2.25. The Bertz CT molecular complexity index is 425. The van der Waals surface area contributed by atoms with Gasteiger partial charge in [-0.05, 0) is 31.6 Å². The van der Waals surface area contributed by atoms with E-state index in [1.807, 2.05) is 4.90 Å². The Morgan fingerprint density at radius 2 is 1.95 bits per heavy atom. The van der Waals surface area contributed by atoms with E-state index in [2.05, 4.69) is 17.6 Å². The minimum atomic E-state index is -0.564. The number of carbonyl (C=O) groups is 3. The van der Waals surface area contributed by atoms with Crippen LogP contribution in [0, 0.1) is 5.92 Å². The maximum atomic E-state index is 11.9. The molecule has 2 fully saturated rings. The molecule has 0 spiro atoms. The molecular weight excluding hydrogens is 282 g/mol. The Kier molecular flexibility index (Phi) is 6.21. The van der Waals surface area contributed by atoms with Gasteiger partial charge in [0.2, 0.25) is 5.91 Å². The summed E-state index contributed by atoms with van der Waals surface area (Å²) in [5.74, 6) is -0.469. The second kappa shape index (κ2) is 8.15. The van der Waals surface area contributed by atoms with Crippen LogP contribution in [-0.2, 0) is 14.4 Å². The van der Waals surface area contributed by atoms with Gasteiger partial charge in [-0.2, -0.15) is 0 Å². The molecule has 0 aromatic carbocycles. The zero-order valence-electron chi connectivity index (χ0n) is 13.4. The number of nitrogens with zero attached hydrogens (tertiary/aromatic N) is 1. The van der Waals surface area contributed by atoms with Crippen LogP contribution >= 0.6 is 0 Å². The van der Waals surface area contributed by atoms with E-state index in [1.54, 1.807) is 0 Å².